The van der Waals surface area contributed by atoms with Crippen molar-refractivity contribution in [2.45, 2.75) is 25.4 Å². The van der Waals surface area contributed by atoms with Crippen molar-refractivity contribution in [3.63, 3.8) is 0 Å². The average Bonchev–Trinajstić information content (AvgIpc) is 3.09. The van der Waals surface area contributed by atoms with Crippen LogP contribution in [0.3, 0.4) is 0 Å². The molecule has 0 radical (unpaired) electrons. The summed E-state index contributed by atoms with van der Waals surface area (Å²) in [6.07, 6.45) is 2.18. The van der Waals surface area contributed by atoms with E-state index in [1.807, 2.05) is 18.2 Å². The van der Waals surface area contributed by atoms with Crippen molar-refractivity contribution in [1.29, 1.82) is 0 Å². The van der Waals surface area contributed by atoms with Gasteiger partial charge in [-0.3, -0.25) is 9.69 Å². The first-order valence-corrected chi connectivity index (χ1v) is 5.68. The lowest BCUT2D eigenvalue weighted by Crippen LogP contribution is -2.15. The van der Waals surface area contributed by atoms with Gasteiger partial charge in [0.2, 0.25) is 0 Å². The van der Waals surface area contributed by atoms with Crippen LogP contribution in [0.25, 0.3) is 0 Å². The van der Waals surface area contributed by atoms with Crippen molar-refractivity contribution in [3.05, 3.63) is 48.6 Å². The molecule has 2 heteroatoms. The lowest BCUT2D eigenvalue weighted by molar-refractivity contribution is -0.118. The highest BCUT2D eigenvalue weighted by atomic mass is 16.1. The fourth-order valence-corrected chi connectivity index (χ4v) is 2.07. The van der Waals surface area contributed by atoms with Crippen LogP contribution in [0.15, 0.2) is 43.0 Å². The minimum Gasteiger partial charge on any atom is -0.298 e. The predicted octanol–water partition coefficient (Wildman–Crippen LogP) is 2.58. The number of rotatable bonds is 5. The minimum atomic E-state index is 0.119. The van der Waals surface area contributed by atoms with Gasteiger partial charge in [-0.05, 0) is 12.5 Å². The Morgan fingerprint density at radius 3 is 2.88 bits per heavy atom. The number of ketones is 1. The van der Waals surface area contributed by atoms with Crippen molar-refractivity contribution in [3.8, 4) is 0 Å². The van der Waals surface area contributed by atoms with Crippen LogP contribution >= 0.6 is 0 Å². The summed E-state index contributed by atoms with van der Waals surface area (Å²) in [5, 5.41) is 0. The fourth-order valence-electron chi connectivity index (χ4n) is 2.07. The zero-order valence-electron chi connectivity index (χ0n) is 9.60. The summed E-state index contributed by atoms with van der Waals surface area (Å²) in [5.41, 5.74) is 1.27. The molecule has 1 fully saturated rings. The Hall–Kier alpha value is -1.41. The molecule has 1 aliphatic heterocycles. The molecule has 0 saturated carbocycles. The van der Waals surface area contributed by atoms with Gasteiger partial charge in [0.15, 0.2) is 5.78 Å². The quantitative estimate of drug-likeness (QED) is 0.555. The van der Waals surface area contributed by atoms with E-state index >= 15 is 0 Å². The van der Waals surface area contributed by atoms with Gasteiger partial charge >= 0.3 is 0 Å². The number of hydrogen-bond acceptors (Lipinski definition) is 2. The van der Waals surface area contributed by atoms with Gasteiger partial charge in [0.05, 0.1) is 6.04 Å². The summed E-state index contributed by atoms with van der Waals surface area (Å²) in [4.78, 5) is 13.9. The number of carbonyl (C=O) groups is 1. The fraction of sp³-hybridized carbons (Fsp3) is 0.357. The van der Waals surface area contributed by atoms with Gasteiger partial charge in [-0.2, -0.15) is 0 Å². The van der Waals surface area contributed by atoms with Gasteiger partial charge in [0.25, 0.3) is 0 Å². The van der Waals surface area contributed by atoms with Crippen molar-refractivity contribution in [2.24, 2.45) is 0 Å². The second-order valence-corrected chi connectivity index (χ2v) is 4.26. The van der Waals surface area contributed by atoms with Crippen LogP contribution in [0, 0.1) is 0 Å². The number of carbonyl (C=O) groups excluding carboxylic acids is 1. The van der Waals surface area contributed by atoms with Crippen molar-refractivity contribution < 1.29 is 4.79 Å². The predicted molar refractivity (Wildman–Crippen MR) is 65.2 cm³/mol. The van der Waals surface area contributed by atoms with Crippen LogP contribution in [0.5, 0.6) is 0 Å². The molecule has 2 nitrogen and oxygen atoms in total. The average molecular weight is 215 g/mol. The molecule has 16 heavy (non-hydrogen) atoms. The zero-order valence-corrected chi connectivity index (χ0v) is 9.60. The van der Waals surface area contributed by atoms with Crippen LogP contribution in [0.4, 0.5) is 0 Å². The molecule has 2 rings (SSSR count). The van der Waals surface area contributed by atoms with Crippen molar-refractivity contribution >= 4 is 5.78 Å². The smallest absolute Gasteiger partial charge is 0.155 e. The number of allylic oxidation sites excluding steroid dienone is 1. The maximum Gasteiger partial charge on any atom is 0.155 e. The molecule has 1 aliphatic rings. The van der Waals surface area contributed by atoms with Gasteiger partial charge in [-0.15, -0.1) is 6.58 Å². The van der Waals surface area contributed by atoms with Gasteiger partial charge in [-0.25, -0.2) is 0 Å². The Morgan fingerprint density at radius 1 is 1.56 bits per heavy atom. The minimum absolute atomic E-state index is 0.119. The van der Waals surface area contributed by atoms with E-state index < -0.39 is 0 Å². The van der Waals surface area contributed by atoms with Crippen LogP contribution in [-0.4, -0.2) is 23.3 Å². The molecule has 1 aromatic carbocycles. The summed E-state index contributed by atoms with van der Waals surface area (Å²) in [6, 6.07) is 10.8. The molecular weight excluding hydrogens is 198 g/mol. The molecular formula is C14H17NO. The molecule has 0 N–H and O–H groups in total. The van der Waals surface area contributed by atoms with Crippen LogP contribution < -0.4 is 0 Å². The van der Waals surface area contributed by atoms with Crippen LogP contribution in [-0.2, 0) is 4.79 Å². The Balaban J connectivity index is 1.97. The third-order valence-corrected chi connectivity index (χ3v) is 3.15. The molecule has 3 atom stereocenters. The van der Waals surface area contributed by atoms with E-state index in [9.17, 15) is 4.79 Å². The Bertz CT molecular complexity index is 385. The Morgan fingerprint density at radius 2 is 2.25 bits per heavy atom. The zero-order chi connectivity index (χ0) is 11.5. The van der Waals surface area contributed by atoms with E-state index in [-0.39, 0.29) is 11.8 Å². The van der Waals surface area contributed by atoms with Crippen molar-refractivity contribution in [2.75, 3.05) is 6.54 Å². The normalized spacial score (nSPS) is 24.8. The van der Waals surface area contributed by atoms with E-state index in [0.717, 1.165) is 6.54 Å². The summed E-state index contributed by atoms with van der Waals surface area (Å²) < 4.78 is 0. The number of hydrogen-bond donors (Lipinski definition) is 0. The molecule has 84 valence electrons. The van der Waals surface area contributed by atoms with Gasteiger partial charge < -0.3 is 0 Å². The highest BCUT2D eigenvalue weighted by Crippen LogP contribution is 2.32. The highest BCUT2D eigenvalue weighted by molar-refractivity contribution is 5.88. The molecule has 0 aliphatic carbocycles. The van der Waals surface area contributed by atoms with Crippen molar-refractivity contribution in [1.82, 2.24) is 4.90 Å². The molecule has 1 heterocycles. The first-order chi connectivity index (χ1) is 7.74. The lowest BCUT2D eigenvalue weighted by Gasteiger charge is -2.13. The molecule has 1 saturated heterocycles. The monoisotopic (exact) mass is 215 g/mol. The van der Waals surface area contributed by atoms with E-state index in [1.165, 1.54) is 5.56 Å². The third kappa shape index (κ3) is 2.22. The van der Waals surface area contributed by atoms with E-state index in [0.29, 0.717) is 12.5 Å². The van der Waals surface area contributed by atoms with E-state index in [4.69, 9.17) is 0 Å². The molecule has 0 amide bonds. The van der Waals surface area contributed by atoms with Gasteiger partial charge in [-0.1, -0.05) is 36.4 Å². The molecule has 0 spiro atoms. The third-order valence-electron chi connectivity index (χ3n) is 3.15. The lowest BCUT2D eigenvalue weighted by atomic mass is 10.1. The molecule has 0 bridgehead atoms. The first kappa shape index (κ1) is 11.1. The maximum absolute atomic E-state index is 11.6. The van der Waals surface area contributed by atoms with E-state index in [2.05, 4.69) is 30.5 Å². The summed E-state index contributed by atoms with van der Waals surface area (Å²) in [5.74, 6) is 0.290. The molecule has 1 aromatic rings. The second-order valence-electron chi connectivity index (χ2n) is 4.26. The summed E-state index contributed by atoms with van der Waals surface area (Å²) in [7, 11) is 0. The molecule has 1 unspecified atom stereocenters. The largest absolute Gasteiger partial charge is 0.298 e. The standard InChI is InChI=1S/C14H17NO/c1-3-7-14(16)13-10-15(13)11(2)12-8-5-4-6-9-12/h3-6,8-9,11,13H,1,7,10H2,2H3/t11-,13+,15?/m1/s1. The highest BCUT2D eigenvalue weighted by Gasteiger charge is 2.42. The molecule has 0 aromatic heterocycles. The second kappa shape index (κ2) is 4.62. The SMILES string of the molecule is C=CCC(=O)[C@@H]1CN1[C@H](C)c1ccccc1. The number of nitrogens with zero attached hydrogens (tertiary/aromatic N) is 1. The van der Waals surface area contributed by atoms with Crippen LogP contribution in [0.1, 0.15) is 24.9 Å². The summed E-state index contributed by atoms with van der Waals surface area (Å²) >= 11 is 0. The van der Waals surface area contributed by atoms with E-state index in [1.54, 1.807) is 6.08 Å². The van der Waals surface area contributed by atoms with Gasteiger partial charge in [0, 0.05) is 19.0 Å². The Labute approximate surface area is 96.6 Å². The van der Waals surface area contributed by atoms with Gasteiger partial charge in [0.1, 0.15) is 0 Å². The maximum atomic E-state index is 11.6. The summed E-state index contributed by atoms with van der Waals surface area (Å²) in [6.45, 7) is 6.64. The number of Topliss-reactive ketones (excluding diaryl/α,β-unsaturated/α-hetero) is 1. The number of benzene rings is 1. The van der Waals surface area contributed by atoms with Crippen LogP contribution in [0.2, 0.25) is 0 Å². The topological polar surface area (TPSA) is 20.1 Å². The first-order valence-electron chi connectivity index (χ1n) is 5.68. The Kier molecular flexibility index (Phi) is 3.20.